The van der Waals surface area contributed by atoms with E-state index in [9.17, 15) is 9.90 Å². The number of rotatable bonds is 4. The standard InChI is InChI=1S/C19H19NO2/c1-3-12-19(22)16-6-4-5-7-17(16)20(18(19)21)13-15-10-8-14(2)9-11-15/h3-11,22H,1,12-13H2,2H3/t19-/m0/s1. The van der Waals surface area contributed by atoms with E-state index in [1.54, 1.807) is 11.0 Å². The fraction of sp³-hybridized carbons (Fsp3) is 0.211. The number of hydrogen-bond donors (Lipinski definition) is 1. The van der Waals surface area contributed by atoms with Crippen LogP contribution in [0.3, 0.4) is 0 Å². The number of fused-ring (bicyclic) bond motifs is 1. The predicted molar refractivity (Wildman–Crippen MR) is 87.5 cm³/mol. The Balaban J connectivity index is 2.00. The monoisotopic (exact) mass is 293 g/mol. The Bertz CT molecular complexity index is 720. The van der Waals surface area contributed by atoms with Crippen molar-refractivity contribution >= 4 is 11.6 Å². The summed E-state index contributed by atoms with van der Waals surface area (Å²) in [6.07, 6.45) is 1.80. The van der Waals surface area contributed by atoms with Gasteiger partial charge in [0.15, 0.2) is 5.60 Å². The molecule has 22 heavy (non-hydrogen) atoms. The second-order valence-corrected chi connectivity index (χ2v) is 5.75. The van der Waals surface area contributed by atoms with E-state index in [0.717, 1.165) is 11.3 Å². The summed E-state index contributed by atoms with van der Waals surface area (Å²) in [5, 5.41) is 10.8. The van der Waals surface area contributed by atoms with Crippen LogP contribution in [0.1, 0.15) is 23.1 Å². The first kappa shape index (κ1) is 14.5. The van der Waals surface area contributed by atoms with Gasteiger partial charge in [-0.25, -0.2) is 0 Å². The average molecular weight is 293 g/mol. The Labute approximate surface area is 130 Å². The highest BCUT2D eigenvalue weighted by atomic mass is 16.3. The van der Waals surface area contributed by atoms with Crippen LogP contribution in [0, 0.1) is 6.92 Å². The molecule has 1 atom stereocenters. The molecule has 1 heterocycles. The van der Waals surface area contributed by atoms with E-state index >= 15 is 0 Å². The Morgan fingerprint density at radius 1 is 1.18 bits per heavy atom. The third-order valence-electron chi connectivity index (χ3n) is 4.14. The molecular weight excluding hydrogens is 274 g/mol. The van der Waals surface area contributed by atoms with Crippen molar-refractivity contribution in [2.24, 2.45) is 0 Å². The summed E-state index contributed by atoms with van der Waals surface area (Å²) in [5.41, 5.74) is 2.16. The zero-order chi connectivity index (χ0) is 15.7. The molecule has 0 bridgehead atoms. The van der Waals surface area contributed by atoms with Crippen molar-refractivity contribution in [3.63, 3.8) is 0 Å². The average Bonchev–Trinajstić information content (AvgIpc) is 2.73. The number of carbonyl (C=O) groups excluding carboxylic acids is 1. The van der Waals surface area contributed by atoms with Gasteiger partial charge in [-0.2, -0.15) is 0 Å². The van der Waals surface area contributed by atoms with Gasteiger partial charge in [0, 0.05) is 12.0 Å². The molecule has 0 unspecified atom stereocenters. The molecule has 1 N–H and O–H groups in total. The van der Waals surface area contributed by atoms with Crippen molar-refractivity contribution in [1.29, 1.82) is 0 Å². The van der Waals surface area contributed by atoms with Crippen LogP contribution in [0.5, 0.6) is 0 Å². The number of amides is 1. The van der Waals surface area contributed by atoms with E-state index in [0.29, 0.717) is 12.1 Å². The number of aryl methyl sites for hydroxylation is 1. The third kappa shape index (κ3) is 2.24. The number of carbonyl (C=O) groups is 1. The number of aliphatic hydroxyl groups is 1. The smallest absolute Gasteiger partial charge is 0.264 e. The highest BCUT2D eigenvalue weighted by Crippen LogP contribution is 2.43. The SMILES string of the molecule is C=CC[C@@]1(O)C(=O)N(Cc2ccc(C)cc2)c2ccccc21. The lowest BCUT2D eigenvalue weighted by atomic mass is 9.92. The number of anilines is 1. The second kappa shape index (κ2) is 5.43. The van der Waals surface area contributed by atoms with Crippen molar-refractivity contribution in [3.8, 4) is 0 Å². The number of para-hydroxylation sites is 1. The zero-order valence-corrected chi connectivity index (χ0v) is 12.6. The molecule has 112 valence electrons. The van der Waals surface area contributed by atoms with Gasteiger partial charge in [-0.1, -0.05) is 54.1 Å². The van der Waals surface area contributed by atoms with Gasteiger partial charge in [-0.05, 0) is 18.6 Å². The van der Waals surface area contributed by atoms with Gasteiger partial charge in [0.1, 0.15) is 0 Å². The van der Waals surface area contributed by atoms with Gasteiger partial charge in [0.25, 0.3) is 5.91 Å². The lowest BCUT2D eigenvalue weighted by molar-refractivity contribution is -0.135. The molecule has 1 aliphatic heterocycles. The third-order valence-corrected chi connectivity index (χ3v) is 4.14. The van der Waals surface area contributed by atoms with Crippen LogP contribution >= 0.6 is 0 Å². The van der Waals surface area contributed by atoms with E-state index in [1.807, 2.05) is 55.5 Å². The number of nitrogens with zero attached hydrogens (tertiary/aromatic N) is 1. The minimum Gasteiger partial charge on any atom is -0.375 e. The topological polar surface area (TPSA) is 40.5 Å². The van der Waals surface area contributed by atoms with Crippen LogP contribution in [0.4, 0.5) is 5.69 Å². The van der Waals surface area contributed by atoms with Gasteiger partial charge in [-0.15, -0.1) is 6.58 Å². The fourth-order valence-corrected chi connectivity index (χ4v) is 2.95. The highest BCUT2D eigenvalue weighted by molar-refractivity contribution is 6.06. The second-order valence-electron chi connectivity index (χ2n) is 5.75. The molecule has 3 heteroatoms. The van der Waals surface area contributed by atoms with E-state index in [1.165, 1.54) is 5.56 Å². The molecule has 1 amide bonds. The summed E-state index contributed by atoms with van der Waals surface area (Å²) in [4.78, 5) is 14.4. The molecule has 2 aromatic carbocycles. The van der Waals surface area contributed by atoms with Crippen LogP contribution in [0.2, 0.25) is 0 Å². The van der Waals surface area contributed by atoms with Gasteiger partial charge in [-0.3, -0.25) is 4.79 Å². The van der Waals surface area contributed by atoms with Crippen LogP contribution in [0.15, 0.2) is 61.2 Å². The molecule has 2 aromatic rings. The van der Waals surface area contributed by atoms with E-state index in [-0.39, 0.29) is 12.3 Å². The maximum absolute atomic E-state index is 12.8. The largest absolute Gasteiger partial charge is 0.375 e. The van der Waals surface area contributed by atoms with Crippen molar-refractivity contribution in [2.45, 2.75) is 25.5 Å². The summed E-state index contributed by atoms with van der Waals surface area (Å²) in [7, 11) is 0. The molecule has 3 nitrogen and oxygen atoms in total. The first-order valence-corrected chi connectivity index (χ1v) is 7.36. The quantitative estimate of drug-likeness (QED) is 0.879. The molecule has 0 radical (unpaired) electrons. The minimum atomic E-state index is -1.50. The van der Waals surface area contributed by atoms with Crippen LogP contribution < -0.4 is 4.90 Å². The molecule has 0 spiro atoms. The molecule has 0 saturated heterocycles. The van der Waals surface area contributed by atoms with Gasteiger partial charge < -0.3 is 10.0 Å². The van der Waals surface area contributed by atoms with Crippen molar-refractivity contribution < 1.29 is 9.90 Å². The summed E-state index contributed by atoms with van der Waals surface area (Å²) in [6, 6.07) is 15.5. The van der Waals surface area contributed by atoms with Gasteiger partial charge in [0.05, 0.1) is 12.2 Å². The maximum atomic E-state index is 12.8. The Morgan fingerprint density at radius 3 is 2.55 bits per heavy atom. The van der Waals surface area contributed by atoms with E-state index in [4.69, 9.17) is 0 Å². The molecular formula is C19H19NO2. The maximum Gasteiger partial charge on any atom is 0.264 e. The number of benzene rings is 2. The summed E-state index contributed by atoms with van der Waals surface area (Å²) in [6.45, 7) is 6.15. The van der Waals surface area contributed by atoms with Gasteiger partial charge >= 0.3 is 0 Å². The molecule has 0 saturated carbocycles. The molecule has 1 aliphatic rings. The van der Waals surface area contributed by atoms with Crippen molar-refractivity contribution in [2.75, 3.05) is 4.90 Å². The minimum absolute atomic E-state index is 0.216. The fourth-order valence-electron chi connectivity index (χ4n) is 2.95. The Kier molecular flexibility index (Phi) is 3.59. The molecule has 0 aliphatic carbocycles. The normalized spacial score (nSPS) is 20.1. The van der Waals surface area contributed by atoms with Crippen LogP contribution in [-0.2, 0) is 16.9 Å². The van der Waals surface area contributed by atoms with Gasteiger partial charge in [0.2, 0.25) is 0 Å². The summed E-state index contributed by atoms with van der Waals surface area (Å²) in [5.74, 6) is -0.283. The first-order valence-electron chi connectivity index (χ1n) is 7.36. The Morgan fingerprint density at radius 2 is 1.86 bits per heavy atom. The Hall–Kier alpha value is -2.39. The van der Waals surface area contributed by atoms with Crippen LogP contribution in [-0.4, -0.2) is 11.0 Å². The van der Waals surface area contributed by atoms with Crippen molar-refractivity contribution in [3.05, 3.63) is 77.9 Å². The van der Waals surface area contributed by atoms with E-state index in [2.05, 4.69) is 6.58 Å². The molecule has 0 fully saturated rings. The highest BCUT2D eigenvalue weighted by Gasteiger charge is 2.48. The molecule has 0 aromatic heterocycles. The summed E-state index contributed by atoms with van der Waals surface area (Å²) < 4.78 is 0. The predicted octanol–water partition coefficient (Wildman–Crippen LogP) is 3.31. The molecule has 3 rings (SSSR count). The number of hydrogen-bond acceptors (Lipinski definition) is 2. The van der Waals surface area contributed by atoms with Crippen molar-refractivity contribution in [1.82, 2.24) is 0 Å². The summed E-state index contributed by atoms with van der Waals surface area (Å²) >= 11 is 0. The first-order chi connectivity index (χ1) is 10.6. The lowest BCUT2D eigenvalue weighted by Gasteiger charge is -2.22. The van der Waals surface area contributed by atoms with E-state index < -0.39 is 5.60 Å². The zero-order valence-electron chi connectivity index (χ0n) is 12.6. The van der Waals surface area contributed by atoms with Crippen LogP contribution in [0.25, 0.3) is 0 Å². The lowest BCUT2D eigenvalue weighted by Crippen LogP contribution is -2.39.